The summed E-state index contributed by atoms with van der Waals surface area (Å²) in [5.74, 6) is -4.69. The summed E-state index contributed by atoms with van der Waals surface area (Å²) in [6.45, 7) is 3.53. The van der Waals surface area contributed by atoms with E-state index in [9.17, 15) is 17.6 Å². The number of fused-ring (bicyclic) bond motifs is 1. The maximum Gasteiger partial charge on any atom is 0.225 e. The lowest BCUT2D eigenvalue weighted by Gasteiger charge is -2.17. The van der Waals surface area contributed by atoms with Gasteiger partial charge in [-0.1, -0.05) is 0 Å². The van der Waals surface area contributed by atoms with Crippen molar-refractivity contribution < 1.29 is 17.6 Å². The molecule has 0 spiro atoms. The average Bonchev–Trinajstić information content (AvgIpc) is 2.48. The summed E-state index contributed by atoms with van der Waals surface area (Å²) in [7, 11) is 0. The van der Waals surface area contributed by atoms with Crippen molar-refractivity contribution in [3.63, 3.8) is 0 Å². The van der Waals surface area contributed by atoms with E-state index in [2.05, 4.69) is 20.3 Å². The Morgan fingerprint density at radius 2 is 1.54 bits per heavy atom. The van der Waals surface area contributed by atoms with E-state index in [4.69, 9.17) is 0 Å². The molecule has 0 fully saturated rings. The van der Waals surface area contributed by atoms with E-state index in [-0.39, 0.29) is 22.9 Å². The van der Waals surface area contributed by atoms with Crippen LogP contribution in [0.25, 0.3) is 22.3 Å². The molecule has 8 heteroatoms. The fraction of sp³-hybridized carbons (Fsp3) is 0.188. The number of rotatable bonds is 3. The summed E-state index contributed by atoms with van der Waals surface area (Å²) in [6.07, 6.45) is 2.68. The lowest BCUT2D eigenvalue weighted by atomic mass is 10.0. The molecule has 0 amide bonds. The molecular weight excluding hydrogens is 324 g/mol. The van der Waals surface area contributed by atoms with Crippen LogP contribution in [-0.2, 0) is 0 Å². The van der Waals surface area contributed by atoms with Crippen LogP contribution >= 0.6 is 0 Å². The summed E-state index contributed by atoms with van der Waals surface area (Å²) < 4.78 is 56.0. The van der Waals surface area contributed by atoms with Gasteiger partial charge in [-0.2, -0.15) is 9.37 Å². The van der Waals surface area contributed by atoms with E-state index in [1.54, 1.807) is 13.8 Å². The van der Waals surface area contributed by atoms with Gasteiger partial charge in [0.2, 0.25) is 5.95 Å². The first-order valence-corrected chi connectivity index (χ1v) is 7.10. The zero-order valence-corrected chi connectivity index (χ0v) is 12.7. The van der Waals surface area contributed by atoms with Crippen molar-refractivity contribution in [2.75, 3.05) is 5.32 Å². The lowest BCUT2D eigenvalue weighted by Crippen LogP contribution is -2.14. The first-order chi connectivity index (χ1) is 11.4. The topological polar surface area (TPSA) is 50.7 Å². The third-order valence-electron chi connectivity index (χ3n) is 3.27. The maximum atomic E-state index is 14.5. The van der Waals surface area contributed by atoms with Crippen molar-refractivity contribution in [2.45, 2.75) is 19.9 Å². The van der Waals surface area contributed by atoms with Crippen LogP contribution in [0, 0.1) is 23.4 Å². The Morgan fingerprint density at radius 3 is 2.17 bits per heavy atom. The minimum atomic E-state index is -1.23. The Bertz CT molecular complexity index is 904. The van der Waals surface area contributed by atoms with Crippen LogP contribution in [0.1, 0.15) is 13.8 Å². The molecule has 4 nitrogen and oxygen atoms in total. The van der Waals surface area contributed by atoms with Gasteiger partial charge in [0.25, 0.3) is 0 Å². The Balaban J connectivity index is 2.41. The van der Waals surface area contributed by atoms with Crippen LogP contribution < -0.4 is 5.32 Å². The quantitative estimate of drug-likeness (QED) is 0.579. The number of anilines is 1. The maximum absolute atomic E-state index is 14.5. The SMILES string of the molecule is CC(C)Nc1c(-c2c(F)cc(F)cc2F)c(F)nc2nccnc12. The van der Waals surface area contributed by atoms with Crippen LogP contribution in [0.4, 0.5) is 23.2 Å². The van der Waals surface area contributed by atoms with Crippen LogP contribution in [0.3, 0.4) is 0 Å². The van der Waals surface area contributed by atoms with Crippen LogP contribution in [0.5, 0.6) is 0 Å². The fourth-order valence-electron chi connectivity index (χ4n) is 2.40. The Morgan fingerprint density at radius 1 is 0.917 bits per heavy atom. The van der Waals surface area contributed by atoms with Crippen LogP contribution in [0.2, 0.25) is 0 Å². The molecule has 0 aliphatic carbocycles. The predicted molar refractivity (Wildman–Crippen MR) is 81.4 cm³/mol. The minimum Gasteiger partial charge on any atom is -0.380 e. The van der Waals surface area contributed by atoms with Gasteiger partial charge in [0.1, 0.15) is 23.0 Å². The second kappa shape index (κ2) is 6.03. The number of aromatic nitrogens is 3. The molecule has 0 bridgehead atoms. The molecule has 3 aromatic rings. The smallest absolute Gasteiger partial charge is 0.225 e. The Kier molecular flexibility index (Phi) is 4.04. The molecule has 0 aliphatic rings. The standard InChI is InChI=1S/C16H12F4N4/c1-7(2)23-13-12(11-9(18)5-8(17)6-10(11)19)15(20)24-16-14(13)21-3-4-22-16/h3-7H,1-2H3,(H,22,23,24). The molecule has 0 aliphatic heterocycles. The van der Waals surface area contributed by atoms with E-state index in [1.807, 2.05) is 0 Å². The molecule has 1 aromatic carbocycles. The van der Waals surface area contributed by atoms with Gasteiger partial charge < -0.3 is 5.32 Å². The minimum absolute atomic E-state index is 0.00942. The zero-order chi connectivity index (χ0) is 17.4. The molecule has 124 valence electrons. The third-order valence-corrected chi connectivity index (χ3v) is 3.27. The summed E-state index contributed by atoms with van der Waals surface area (Å²) in [5.41, 5.74) is -0.968. The first-order valence-electron chi connectivity index (χ1n) is 7.10. The van der Waals surface area contributed by atoms with Gasteiger partial charge in [0, 0.05) is 30.6 Å². The van der Waals surface area contributed by atoms with Crippen LogP contribution in [-0.4, -0.2) is 21.0 Å². The number of pyridine rings is 1. The molecular formula is C16H12F4N4. The average molecular weight is 336 g/mol. The highest BCUT2D eigenvalue weighted by molar-refractivity contribution is 5.95. The van der Waals surface area contributed by atoms with E-state index < -0.39 is 34.5 Å². The molecule has 2 aromatic heterocycles. The fourth-order valence-corrected chi connectivity index (χ4v) is 2.40. The normalized spacial score (nSPS) is 11.3. The third kappa shape index (κ3) is 2.75. The predicted octanol–water partition coefficient (Wildman–Crippen LogP) is 4.07. The number of halogens is 4. The molecule has 0 unspecified atom stereocenters. The summed E-state index contributed by atoms with van der Waals surface area (Å²) in [4.78, 5) is 11.6. The van der Waals surface area contributed by atoms with Crippen molar-refractivity contribution >= 4 is 16.9 Å². The van der Waals surface area contributed by atoms with Gasteiger partial charge in [-0.25, -0.2) is 23.1 Å². The molecule has 2 heterocycles. The van der Waals surface area contributed by atoms with Crippen molar-refractivity contribution in [3.8, 4) is 11.1 Å². The summed E-state index contributed by atoms with van der Waals surface area (Å²) in [6, 6.07) is 0.776. The molecule has 0 saturated carbocycles. The van der Waals surface area contributed by atoms with Gasteiger partial charge in [0.15, 0.2) is 5.65 Å². The largest absolute Gasteiger partial charge is 0.380 e. The highest BCUT2D eigenvalue weighted by Gasteiger charge is 2.25. The molecule has 0 radical (unpaired) electrons. The van der Waals surface area contributed by atoms with Crippen molar-refractivity contribution in [1.29, 1.82) is 0 Å². The number of nitrogens with one attached hydrogen (secondary N) is 1. The molecule has 0 atom stereocenters. The van der Waals surface area contributed by atoms with Crippen molar-refractivity contribution in [2.24, 2.45) is 0 Å². The number of hydrogen-bond acceptors (Lipinski definition) is 4. The monoisotopic (exact) mass is 336 g/mol. The Hall–Kier alpha value is -2.77. The van der Waals surface area contributed by atoms with Crippen molar-refractivity contribution in [3.05, 3.63) is 47.9 Å². The van der Waals surface area contributed by atoms with Gasteiger partial charge in [-0.3, -0.25) is 0 Å². The van der Waals surface area contributed by atoms with Crippen LogP contribution in [0.15, 0.2) is 24.5 Å². The highest BCUT2D eigenvalue weighted by Crippen LogP contribution is 2.37. The van der Waals surface area contributed by atoms with E-state index >= 15 is 0 Å². The van der Waals surface area contributed by atoms with Gasteiger partial charge in [-0.15, -0.1) is 0 Å². The summed E-state index contributed by atoms with van der Waals surface area (Å²) in [5, 5.41) is 2.92. The number of nitrogens with zero attached hydrogens (tertiary/aromatic N) is 3. The van der Waals surface area contributed by atoms with Gasteiger partial charge >= 0.3 is 0 Å². The molecule has 0 saturated heterocycles. The van der Waals surface area contributed by atoms with E-state index in [0.29, 0.717) is 12.1 Å². The first kappa shape index (κ1) is 16.1. The number of hydrogen-bond donors (Lipinski definition) is 1. The van der Waals surface area contributed by atoms with E-state index in [0.717, 1.165) is 0 Å². The van der Waals surface area contributed by atoms with E-state index in [1.165, 1.54) is 12.4 Å². The highest BCUT2D eigenvalue weighted by atomic mass is 19.1. The zero-order valence-electron chi connectivity index (χ0n) is 12.7. The van der Waals surface area contributed by atoms with Crippen molar-refractivity contribution in [1.82, 2.24) is 15.0 Å². The van der Waals surface area contributed by atoms with Gasteiger partial charge in [0.05, 0.1) is 16.8 Å². The number of benzene rings is 1. The van der Waals surface area contributed by atoms with Gasteiger partial charge in [-0.05, 0) is 13.8 Å². The molecule has 3 rings (SSSR count). The second-order valence-corrected chi connectivity index (χ2v) is 5.42. The molecule has 1 N–H and O–H groups in total. The summed E-state index contributed by atoms with van der Waals surface area (Å²) >= 11 is 0. The second-order valence-electron chi connectivity index (χ2n) is 5.42. The lowest BCUT2D eigenvalue weighted by molar-refractivity contribution is 0.542. The molecule has 24 heavy (non-hydrogen) atoms. The Labute approximate surface area is 134 Å².